The molecule has 0 spiro atoms. The lowest BCUT2D eigenvalue weighted by molar-refractivity contribution is 0.242. The van der Waals surface area contributed by atoms with Crippen molar-refractivity contribution < 1.29 is 9.84 Å². The molecule has 1 atom stereocenters. The molecular formula is C12H14O2. The Kier molecular flexibility index (Phi) is 1.99. The predicted molar refractivity (Wildman–Crippen MR) is 56.5 cm³/mol. The lowest BCUT2D eigenvalue weighted by Gasteiger charge is -2.25. The first-order valence-electron chi connectivity index (χ1n) is 4.77. The third-order valence-electron chi connectivity index (χ3n) is 2.74. The number of hydrogen-bond acceptors (Lipinski definition) is 2. The average Bonchev–Trinajstić information content (AvgIpc) is 2.17. The molecule has 1 aliphatic rings. The zero-order chi connectivity index (χ0) is 10.3. The van der Waals surface area contributed by atoms with Gasteiger partial charge in [-0.25, -0.2) is 0 Å². The molecule has 0 radical (unpaired) electrons. The second-order valence-electron chi connectivity index (χ2n) is 3.74. The summed E-state index contributed by atoms with van der Waals surface area (Å²) in [6.07, 6.45) is -0.0383. The third-order valence-corrected chi connectivity index (χ3v) is 2.74. The van der Waals surface area contributed by atoms with E-state index in [0.29, 0.717) is 5.76 Å². The average molecular weight is 190 g/mol. The Bertz CT molecular complexity index is 405. The Hall–Kier alpha value is -1.44. The Morgan fingerprint density at radius 1 is 1.29 bits per heavy atom. The van der Waals surface area contributed by atoms with Crippen molar-refractivity contribution in [3.05, 3.63) is 34.9 Å². The van der Waals surface area contributed by atoms with E-state index in [1.54, 1.807) is 0 Å². The van der Waals surface area contributed by atoms with Crippen molar-refractivity contribution in [2.24, 2.45) is 0 Å². The topological polar surface area (TPSA) is 29.5 Å². The van der Waals surface area contributed by atoms with Crippen molar-refractivity contribution in [2.75, 3.05) is 0 Å². The zero-order valence-electron chi connectivity index (χ0n) is 8.66. The van der Waals surface area contributed by atoms with Gasteiger partial charge in [0.05, 0.1) is 5.56 Å². The maximum Gasteiger partial charge on any atom is 0.134 e. The number of ether oxygens (including phenoxy) is 1. The van der Waals surface area contributed by atoms with Crippen molar-refractivity contribution in [1.29, 1.82) is 0 Å². The molecule has 0 saturated carbocycles. The number of fused-ring (bicyclic) bond motifs is 1. The number of benzene rings is 1. The number of rotatable bonds is 0. The van der Waals surface area contributed by atoms with Crippen molar-refractivity contribution in [1.82, 2.24) is 0 Å². The Morgan fingerprint density at radius 2 is 2.00 bits per heavy atom. The van der Waals surface area contributed by atoms with Crippen molar-refractivity contribution in [3.8, 4) is 5.75 Å². The first-order chi connectivity index (χ1) is 6.61. The van der Waals surface area contributed by atoms with Crippen LogP contribution < -0.4 is 4.74 Å². The number of para-hydroxylation sites is 1. The van der Waals surface area contributed by atoms with E-state index in [4.69, 9.17) is 4.74 Å². The Morgan fingerprint density at radius 3 is 2.71 bits per heavy atom. The molecule has 2 rings (SSSR count). The highest BCUT2D eigenvalue weighted by Crippen LogP contribution is 2.36. The molecule has 0 aliphatic carbocycles. The molecule has 1 N–H and O–H groups in total. The summed E-state index contributed by atoms with van der Waals surface area (Å²) in [6, 6.07) is 5.80. The van der Waals surface area contributed by atoms with Gasteiger partial charge in [-0.3, -0.25) is 0 Å². The zero-order valence-corrected chi connectivity index (χ0v) is 8.66. The molecule has 1 aromatic carbocycles. The number of hydrogen-bond donors (Lipinski definition) is 1. The van der Waals surface area contributed by atoms with Crippen molar-refractivity contribution >= 4 is 5.76 Å². The monoisotopic (exact) mass is 190 g/mol. The summed E-state index contributed by atoms with van der Waals surface area (Å²) >= 11 is 0. The van der Waals surface area contributed by atoms with Gasteiger partial charge in [-0.15, -0.1) is 0 Å². The first-order valence-corrected chi connectivity index (χ1v) is 4.77. The van der Waals surface area contributed by atoms with E-state index >= 15 is 0 Å². The van der Waals surface area contributed by atoms with E-state index in [2.05, 4.69) is 0 Å². The van der Waals surface area contributed by atoms with Gasteiger partial charge in [0.2, 0.25) is 0 Å². The summed E-state index contributed by atoms with van der Waals surface area (Å²) in [4.78, 5) is 0. The third kappa shape index (κ3) is 1.18. The molecule has 0 aromatic heterocycles. The molecule has 1 unspecified atom stereocenters. The minimum atomic E-state index is -0.0383. The van der Waals surface area contributed by atoms with Gasteiger partial charge >= 0.3 is 0 Å². The van der Waals surface area contributed by atoms with Gasteiger partial charge in [-0.2, -0.15) is 0 Å². The van der Waals surface area contributed by atoms with Crippen molar-refractivity contribution in [2.45, 2.75) is 26.9 Å². The van der Waals surface area contributed by atoms with E-state index < -0.39 is 0 Å². The lowest BCUT2D eigenvalue weighted by Crippen LogP contribution is -2.20. The van der Waals surface area contributed by atoms with Crippen LogP contribution in [-0.4, -0.2) is 11.2 Å². The van der Waals surface area contributed by atoms with Crippen LogP contribution >= 0.6 is 0 Å². The van der Waals surface area contributed by atoms with E-state index in [-0.39, 0.29) is 6.10 Å². The lowest BCUT2D eigenvalue weighted by atomic mass is 9.99. The van der Waals surface area contributed by atoms with Crippen LogP contribution in [0.5, 0.6) is 5.75 Å². The first kappa shape index (κ1) is 9.13. The molecule has 0 amide bonds. The van der Waals surface area contributed by atoms with Crippen LogP contribution in [0.4, 0.5) is 0 Å². The number of aliphatic hydroxyl groups excluding tert-OH is 1. The van der Waals surface area contributed by atoms with Crippen LogP contribution in [-0.2, 0) is 0 Å². The highest BCUT2D eigenvalue weighted by Gasteiger charge is 2.23. The van der Waals surface area contributed by atoms with Gasteiger partial charge in [0, 0.05) is 5.57 Å². The molecule has 2 heteroatoms. The van der Waals surface area contributed by atoms with Crippen LogP contribution in [0.1, 0.15) is 25.0 Å². The molecule has 74 valence electrons. The standard InChI is InChI=1S/C12H14O2/c1-7-5-4-6-10-11(13)8(2)9(3)14-12(7)10/h4-6,9,13H,1-3H3. The van der Waals surface area contributed by atoms with E-state index in [1.807, 2.05) is 39.0 Å². The minimum absolute atomic E-state index is 0.0383. The molecule has 2 nitrogen and oxygen atoms in total. The van der Waals surface area contributed by atoms with Crippen LogP contribution in [0, 0.1) is 6.92 Å². The van der Waals surface area contributed by atoms with Gasteiger partial charge in [0.25, 0.3) is 0 Å². The number of aliphatic hydroxyl groups is 1. The summed E-state index contributed by atoms with van der Waals surface area (Å²) in [7, 11) is 0. The van der Waals surface area contributed by atoms with Gasteiger partial charge in [-0.1, -0.05) is 12.1 Å². The van der Waals surface area contributed by atoms with E-state index in [1.165, 1.54) is 0 Å². The van der Waals surface area contributed by atoms with Gasteiger partial charge < -0.3 is 9.84 Å². The van der Waals surface area contributed by atoms with Gasteiger partial charge in [0.1, 0.15) is 17.6 Å². The van der Waals surface area contributed by atoms with Gasteiger partial charge in [0.15, 0.2) is 0 Å². The smallest absolute Gasteiger partial charge is 0.134 e. The second kappa shape index (κ2) is 3.05. The fraction of sp³-hybridized carbons (Fsp3) is 0.333. The molecule has 1 aromatic rings. The largest absolute Gasteiger partial charge is 0.507 e. The van der Waals surface area contributed by atoms with E-state index in [0.717, 1.165) is 22.4 Å². The molecular weight excluding hydrogens is 176 g/mol. The SMILES string of the molecule is CC1=C(O)c2cccc(C)c2OC1C. The molecule has 1 heterocycles. The van der Waals surface area contributed by atoms with E-state index in [9.17, 15) is 5.11 Å². The molecule has 1 aliphatic heterocycles. The van der Waals surface area contributed by atoms with Crippen LogP contribution in [0.3, 0.4) is 0 Å². The Labute approximate surface area is 83.8 Å². The van der Waals surface area contributed by atoms with Crippen LogP contribution in [0.15, 0.2) is 23.8 Å². The van der Waals surface area contributed by atoms with Crippen LogP contribution in [0.25, 0.3) is 5.76 Å². The van der Waals surface area contributed by atoms with Gasteiger partial charge in [-0.05, 0) is 32.4 Å². The van der Waals surface area contributed by atoms with Crippen LogP contribution in [0.2, 0.25) is 0 Å². The highest BCUT2D eigenvalue weighted by atomic mass is 16.5. The summed E-state index contributed by atoms with van der Waals surface area (Å²) in [5.74, 6) is 1.17. The predicted octanol–water partition coefficient (Wildman–Crippen LogP) is 3.06. The maximum absolute atomic E-state index is 9.92. The molecule has 0 bridgehead atoms. The number of aryl methyl sites for hydroxylation is 1. The molecule has 0 saturated heterocycles. The van der Waals surface area contributed by atoms with Crippen molar-refractivity contribution in [3.63, 3.8) is 0 Å². The summed E-state index contributed by atoms with van der Waals surface area (Å²) in [5, 5.41) is 9.92. The quantitative estimate of drug-likeness (QED) is 0.681. The molecule has 0 fully saturated rings. The summed E-state index contributed by atoms with van der Waals surface area (Å²) < 4.78 is 5.73. The molecule has 14 heavy (non-hydrogen) atoms. The fourth-order valence-corrected chi connectivity index (χ4v) is 1.67. The summed E-state index contributed by atoms with van der Waals surface area (Å²) in [5.41, 5.74) is 2.76. The Balaban J connectivity index is 2.65. The maximum atomic E-state index is 9.92. The summed E-state index contributed by atoms with van der Waals surface area (Å²) in [6.45, 7) is 5.83. The second-order valence-corrected chi connectivity index (χ2v) is 3.74. The fourth-order valence-electron chi connectivity index (χ4n) is 1.67. The highest BCUT2D eigenvalue weighted by molar-refractivity contribution is 5.71. The normalized spacial score (nSPS) is 20.4. The minimum Gasteiger partial charge on any atom is -0.507 e.